The first-order chi connectivity index (χ1) is 14.8. The first kappa shape index (κ1) is 25.5. The molecular formula is C25H36IN3O2. The minimum Gasteiger partial charge on any atom is -0.490 e. The number of benzene rings is 2. The Morgan fingerprint density at radius 2 is 1.68 bits per heavy atom. The normalized spacial score (nSPS) is 14.7. The number of hydrogen-bond acceptors (Lipinski definition) is 3. The number of aliphatic imine (C=N–C) groups is 1. The molecule has 1 aliphatic rings. The monoisotopic (exact) mass is 537 g/mol. The van der Waals surface area contributed by atoms with Gasteiger partial charge in [0.2, 0.25) is 0 Å². The summed E-state index contributed by atoms with van der Waals surface area (Å²) in [5.41, 5.74) is 1.23. The van der Waals surface area contributed by atoms with Gasteiger partial charge < -0.3 is 19.7 Å². The van der Waals surface area contributed by atoms with Gasteiger partial charge in [-0.2, -0.15) is 0 Å². The Labute approximate surface area is 204 Å². The lowest BCUT2D eigenvalue weighted by Crippen LogP contribution is -2.47. The van der Waals surface area contributed by atoms with E-state index in [1.54, 1.807) is 0 Å². The smallest absolute Gasteiger partial charge is 0.193 e. The van der Waals surface area contributed by atoms with E-state index in [1.165, 1.54) is 5.56 Å². The van der Waals surface area contributed by atoms with Gasteiger partial charge in [-0.05, 0) is 37.5 Å². The third kappa shape index (κ3) is 9.47. The van der Waals surface area contributed by atoms with E-state index in [2.05, 4.69) is 29.3 Å². The Morgan fingerprint density at radius 1 is 1.00 bits per heavy atom. The van der Waals surface area contributed by atoms with Crippen LogP contribution in [0.3, 0.4) is 0 Å². The number of guanidine groups is 1. The number of hydrogen-bond donors (Lipinski definition) is 1. The molecule has 6 heteroatoms. The molecule has 170 valence electrons. The zero-order valence-corrected chi connectivity index (χ0v) is 20.9. The zero-order valence-electron chi connectivity index (χ0n) is 18.5. The highest BCUT2D eigenvalue weighted by Gasteiger charge is 2.22. The second kappa shape index (κ2) is 15.1. The molecule has 1 N–H and O–H groups in total. The molecule has 0 aromatic heterocycles. The third-order valence-corrected chi connectivity index (χ3v) is 5.19. The van der Waals surface area contributed by atoms with Gasteiger partial charge >= 0.3 is 0 Å². The number of halogens is 1. The fraction of sp³-hybridized carbons (Fsp3) is 0.480. The van der Waals surface area contributed by atoms with E-state index in [4.69, 9.17) is 14.5 Å². The van der Waals surface area contributed by atoms with Crippen molar-refractivity contribution in [3.8, 4) is 5.75 Å². The van der Waals surface area contributed by atoms with Crippen LogP contribution in [0.25, 0.3) is 0 Å². The molecule has 0 spiro atoms. The van der Waals surface area contributed by atoms with Crippen molar-refractivity contribution in [3.05, 3.63) is 66.2 Å². The summed E-state index contributed by atoms with van der Waals surface area (Å²) in [6.07, 6.45) is 4.40. The molecule has 1 heterocycles. The molecule has 1 aliphatic heterocycles. The van der Waals surface area contributed by atoms with Gasteiger partial charge in [0, 0.05) is 45.6 Å². The first-order valence-electron chi connectivity index (χ1n) is 11.2. The molecule has 0 atom stereocenters. The number of para-hydroxylation sites is 1. The van der Waals surface area contributed by atoms with Crippen LogP contribution in [-0.2, 0) is 11.3 Å². The highest BCUT2D eigenvalue weighted by Crippen LogP contribution is 2.18. The topological polar surface area (TPSA) is 46.1 Å². The molecule has 2 aromatic carbocycles. The number of rotatable bonds is 10. The summed E-state index contributed by atoms with van der Waals surface area (Å²) in [6, 6.07) is 20.4. The van der Waals surface area contributed by atoms with Crippen molar-refractivity contribution in [2.24, 2.45) is 4.99 Å². The van der Waals surface area contributed by atoms with E-state index in [1.807, 2.05) is 48.5 Å². The lowest BCUT2D eigenvalue weighted by atomic mass is 10.1. The van der Waals surface area contributed by atoms with E-state index in [-0.39, 0.29) is 30.1 Å². The number of ether oxygens (including phenoxy) is 2. The number of nitrogens with zero attached hydrogens (tertiary/aromatic N) is 2. The van der Waals surface area contributed by atoms with Crippen LogP contribution in [0, 0.1) is 0 Å². The molecule has 0 radical (unpaired) electrons. The molecule has 1 saturated heterocycles. The average Bonchev–Trinajstić information content (AvgIpc) is 2.80. The molecule has 0 unspecified atom stereocenters. The summed E-state index contributed by atoms with van der Waals surface area (Å²) < 4.78 is 11.9. The Hall–Kier alpha value is -1.80. The SMILES string of the molecule is CCNC(=NCCCCOCc1ccccc1)N1CCC(Oc2ccccc2)CC1.I. The van der Waals surface area contributed by atoms with Crippen molar-refractivity contribution in [2.45, 2.75) is 45.3 Å². The Bertz CT molecular complexity index is 735. The zero-order chi connectivity index (χ0) is 20.9. The van der Waals surface area contributed by atoms with Crippen molar-refractivity contribution >= 4 is 29.9 Å². The minimum absolute atomic E-state index is 0. The molecule has 0 aliphatic carbocycles. The largest absolute Gasteiger partial charge is 0.490 e. The summed E-state index contributed by atoms with van der Waals surface area (Å²) in [5.74, 6) is 1.99. The van der Waals surface area contributed by atoms with Crippen molar-refractivity contribution in [1.82, 2.24) is 10.2 Å². The van der Waals surface area contributed by atoms with Gasteiger partial charge in [-0.1, -0.05) is 48.5 Å². The van der Waals surface area contributed by atoms with Gasteiger partial charge in [-0.15, -0.1) is 24.0 Å². The first-order valence-corrected chi connectivity index (χ1v) is 11.2. The highest BCUT2D eigenvalue weighted by molar-refractivity contribution is 14.0. The van der Waals surface area contributed by atoms with E-state index in [9.17, 15) is 0 Å². The second-order valence-corrected chi connectivity index (χ2v) is 7.60. The van der Waals surface area contributed by atoms with Crippen molar-refractivity contribution < 1.29 is 9.47 Å². The fourth-order valence-electron chi connectivity index (χ4n) is 3.57. The van der Waals surface area contributed by atoms with Crippen LogP contribution < -0.4 is 10.1 Å². The van der Waals surface area contributed by atoms with Crippen LogP contribution in [0.1, 0.15) is 38.2 Å². The molecule has 3 rings (SSSR count). The molecule has 2 aromatic rings. The van der Waals surface area contributed by atoms with Crippen LogP contribution in [0.4, 0.5) is 0 Å². The van der Waals surface area contributed by atoms with Gasteiger partial charge in [0.25, 0.3) is 0 Å². The van der Waals surface area contributed by atoms with Crippen LogP contribution in [-0.4, -0.2) is 49.7 Å². The molecular weight excluding hydrogens is 501 g/mol. The maximum absolute atomic E-state index is 6.11. The molecule has 0 bridgehead atoms. The summed E-state index contributed by atoms with van der Waals surface area (Å²) in [5, 5.41) is 3.44. The number of likely N-dealkylation sites (tertiary alicyclic amines) is 1. The lowest BCUT2D eigenvalue weighted by molar-refractivity contribution is 0.117. The summed E-state index contributed by atoms with van der Waals surface area (Å²) in [6.45, 7) is 7.26. The molecule has 0 saturated carbocycles. The highest BCUT2D eigenvalue weighted by atomic mass is 127. The predicted molar refractivity (Wildman–Crippen MR) is 138 cm³/mol. The van der Waals surface area contributed by atoms with E-state index >= 15 is 0 Å². The van der Waals surface area contributed by atoms with Gasteiger partial charge in [0.05, 0.1) is 6.61 Å². The molecule has 1 fully saturated rings. The lowest BCUT2D eigenvalue weighted by Gasteiger charge is -2.34. The Kier molecular flexibility index (Phi) is 12.4. The van der Waals surface area contributed by atoms with Gasteiger partial charge in [0.1, 0.15) is 11.9 Å². The summed E-state index contributed by atoms with van der Waals surface area (Å²) >= 11 is 0. The van der Waals surface area contributed by atoms with Crippen LogP contribution in [0.5, 0.6) is 5.75 Å². The van der Waals surface area contributed by atoms with Gasteiger partial charge in [-0.25, -0.2) is 0 Å². The predicted octanol–water partition coefficient (Wildman–Crippen LogP) is 5.11. The Balaban J connectivity index is 0.00000341. The summed E-state index contributed by atoms with van der Waals surface area (Å²) in [7, 11) is 0. The van der Waals surface area contributed by atoms with Gasteiger partial charge in [0.15, 0.2) is 5.96 Å². The Morgan fingerprint density at radius 3 is 2.35 bits per heavy atom. The van der Waals surface area contributed by atoms with Gasteiger partial charge in [-0.3, -0.25) is 4.99 Å². The number of nitrogens with one attached hydrogen (secondary N) is 1. The number of piperidine rings is 1. The second-order valence-electron chi connectivity index (χ2n) is 7.60. The van der Waals surface area contributed by atoms with E-state index < -0.39 is 0 Å². The summed E-state index contributed by atoms with van der Waals surface area (Å²) in [4.78, 5) is 7.20. The van der Waals surface area contributed by atoms with E-state index in [0.29, 0.717) is 6.61 Å². The molecule has 31 heavy (non-hydrogen) atoms. The van der Waals surface area contributed by atoms with Crippen LogP contribution in [0.15, 0.2) is 65.7 Å². The maximum atomic E-state index is 6.11. The minimum atomic E-state index is 0. The maximum Gasteiger partial charge on any atom is 0.193 e. The molecule has 5 nitrogen and oxygen atoms in total. The average molecular weight is 537 g/mol. The fourth-order valence-corrected chi connectivity index (χ4v) is 3.57. The van der Waals surface area contributed by atoms with Crippen molar-refractivity contribution in [2.75, 3.05) is 32.8 Å². The third-order valence-electron chi connectivity index (χ3n) is 5.19. The van der Waals surface area contributed by atoms with Crippen molar-refractivity contribution in [3.63, 3.8) is 0 Å². The van der Waals surface area contributed by atoms with Crippen LogP contribution >= 0.6 is 24.0 Å². The molecule has 0 amide bonds. The quantitative estimate of drug-likeness (QED) is 0.198. The van der Waals surface area contributed by atoms with E-state index in [0.717, 1.165) is 70.2 Å². The standard InChI is InChI=1S/C25H35N3O2.HI/c1-2-26-25(27-17-9-10-20-29-21-22-11-5-3-6-12-22)28-18-15-24(16-19-28)30-23-13-7-4-8-14-23;/h3-8,11-14,24H,2,9-10,15-21H2,1H3,(H,26,27);1H. The van der Waals surface area contributed by atoms with Crippen LogP contribution in [0.2, 0.25) is 0 Å². The van der Waals surface area contributed by atoms with Crippen molar-refractivity contribution in [1.29, 1.82) is 0 Å². The number of unbranched alkanes of at least 4 members (excludes halogenated alkanes) is 1.